The minimum Gasteiger partial charge on any atom is -0.324 e. The summed E-state index contributed by atoms with van der Waals surface area (Å²) in [5, 5.41) is 3.08. The number of benzene rings is 1. The fourth-order valence-corrected chi connectivity index (χ4v) is 2.36. The molecule has 0 atom stereocenters. The van der Waals surface area contributed by atoms with Crippen LogP contribution in [0.1, 0.15) is 37.3 Å². The summed E-state index contributed by atoms with van der Waals surface area (Å²) < 4.78 is 0. The molecule has 0 unspecified atom stereocenters. The van der Waals surface area contributed by atoms with Gasteiger partial charge in [0.1, 0.15) is 0 Å². The van der Waals surface area contributed by atoms with Crippen molar-refractivity contribution in [2.45, 2.75) is 40.0 Å². The van der Waals surface area contributed by atoms with Gasteiger partial charge in [-0.2, -0.15) is 0 Å². The van der Waals surface area contributed by atoms with E-state index in [0.717, 1.165) is 42.2 Å². The van der Waals surface area contributed by atoms with Crippen molar-refractivity contribution >= 4 is 11.7 Å². The maximum absolute atomic E-state index is 12.4. The summed E-state index contributed by atoms with van der Waals surface area (Å²) in [6.07, 6.45) is 3.56. The van der Waals surface area contributed by atoms with Crippen molar-refractivity contribution in [3.63, 3.8) is 0 Å². The van der Waals surface area contributed by atoms with Gasteiger partial charge in [0.25, 0.3) is 0 Å². The predicted octanol–water partition coefficient (Wildman–Crippen LogP) is 3.96. The van der Waals surface area contributed by atoms with Gasteiger partial charge in [-0.05, 0) is 50.2 Å². The van der Waals surface area contributed by atoms with Crippen LogP contribution in [0.25, 0.3) is 0 Å². The van der Waals surface area contributed by atoms with E-state index in [0.29, 0.717) is 0 Å². The molecule has 0 spiro atoms. The Bertz CT molecular complexity index is 432. The number of nitrogens with zero attached hydrogens (tertiary/aromatic N) is 1. The van der Waals surface area contributed by atoms with Gasteiger partial charge in [0, 0.05) is 18.8 Å². The fourth-order valence-electron chi connectivity index (χ4n) is 2.36. The molecule has 0 aliphatic heterocycles. The van der Waals surface area contributed by atoms with E-state index in [1.165, 1.54) is 12.8 Å². The molecule has 1 fully saturated rings. The highest BCUT2D eigenvalue weighted by Gasteiger charge is 2.26. The van der Waals surface area contributed by atoms with Gasteiger partial charge in [0.05, 0.1) is 0 Å². The maximum atomic E-state index is 12.4. The number of aryl methyl sites for hydroxylation is 2. The van der Waals surface area contributed by atoms with Crippen molar-refractivity contribution in [2.24, 2.45) is 5.92 Å². The number of urea groups is 1. The second-order valence-corrected chi connectivity index (χ2v) is 5.59. The largest absolute Gasteiger partial charge is 0.324 e. The number of para-hydroxylation sites is 1. The number of rotatable bonds is 5. The molecule has 2 rings (SSSR count). The van der Waals surface area contributed by atoms with Crippen LogP contribution in [0.3, 0.4) is 0 Å². The highest BCUT2D eigenvalue weighted by molar-refractivity contribution is 5.91. The topological polar surface area (TPSA) is 32.3 Å². The van der Waals surface area contributed by atoms with Crippen LogP contribution in [0.15, 0.2) is 18.2 Å². The lowest BCUT2D eigenvalue weighted by Crippen LogP contribution is -2.37. The van der Waals surface area contributed by atoms with Crippen molar-refractivity contribution in [3.05, 3.63) is 29.3 Å². The van der Waals surface area contributed by atoms with Gasteiger partial charge in [-0.3, -0.25) is 0 Å². The van der Waals surface area contributed by atoms with Crippen molar-refractivity contribution in [1.29, 1.82) is 0 Å². The first-order chi connectivity index (χ1) is 9.11. The van der Waals surface area contributed by atoms with Gasteiger partial charge in [-0.25, -0.2) is 4.79 Å². The normalized spacial score (nSPS) is 14.3. The molecule has 19 heavy (non-hydrogen) atoms. The van der Waals surface area contributed by atoms with E-state index in [2.05, 4.69) is 12.2 Å². The van der Waals surface area contributed by atoms with E-state index >= 15 is 0 Å². The van der Waals surface area contributed by atoms with E-state index in [4.69, 9.17) is 0 Å². The standard InChI is InChI=1S/C16H24N2O/c1-4-10-18(11-14-8-9-14)16(19)17-15-12(2)6-5-7-13(15)3/h5-7,14H,4,8-11H2,1-3H3,(H,17,19). The van der Waals surface area contributed by atoms with Crippen molar-refractivity contribution in [2.75, 3.05) is 18.4 Å². The van der Waals surface area contributed by atoms with Crippen molar-refractivity contribution < 1.29 is 4.79 Å². The molecule has 1 aliphatic rings. The number of hydrogen-bond donors (Lipinski definition) is 1. The molecule has 0 radical (unpaired) electrons. The summed E-state index contributed by atoms with van der Waals surface area (Å²) in [5.41, 5.74) is 3.21. The lowest BCUT2D eigenvalue weighted by Gasteiger charge is -2.23. The molecule has 3 heteroatoms. The van der Waals surface area contributed by atoms with Gasteiger partial charge in [0.2, 0.25) is 0 Å². The molecule has 1 saturated carbocycles. The van der Waals surface area contributed by atoms with Gasteiger partial charge < -0.3 is 10.2 Å². The summed E-state index contributed by atoms with van der Waals surface area (Å²) in [5.74, 6) is 0.732. The molecular weight excluding hydrogens is 236 g/mol. The first-order valence-electron chi connectivity index (χ1n) is 7.24. The zero-order chi connectivity index (χ0) is 13.8. The molecule has 1 N–H and O–H groups in total. The second-order valence-electron chi connectivity index (χ2n) is 5.59. The van der Waals surface area contributed by atoms with Crippen LogP contribution < -0.4 is 5.32 Å². The van der Waals surface area contributed by atoms with Crippen LogP contribution in [-0.2, 0) is 0 Å². The molecule has 104 valence electrons. The molecule has 1 aromatic rings. The molecule has 1 aliphatic carbocycles. The third-order valence-electron chi connectivity index (χ3n) is 3.67. The Morgan fingerprint density at radius 1 is 1.32 bits per heavy atom. The Kier molecular flexibility index (Phi) is 4.46. The van der Waals surface area contributed by atoms with Crippen molar-refractivity contribution in [1.82, 2.24) is 4.90 Å². The Morgan fingerprint density at radius 3 is 2.47 bits per heavy atom. The number of hydrogen-bond acceptors (Lipinski definition) is 1. The Morgan fingerprint density at radius 2 is 1.95 bits per heavy atom. The minimum absolute atomic E-state index is 0.0474. The highest BCUT2D eigenvalue weighted by Crippen LogP contribution is 2.30. The molecule has 0 bridgehead atoms. The third kappa shape index (κ3) is 3.72. The van der Waals surface area contributed by atoms with Gasteiger partial charge in [-0.15, -0.1) is 0 Å². The molecular formula is C16H24N2O. The maximum Gasteiger partial charge on any atom is 0.321 e. The monoisotopic (exact) mass is 260 g/mol. The number of amides is 2. The Labute approximate surface area is 116 Å². The highest BCUT2D eigenvalue weighted by atomic mass is 16.2. The number of carbonyl (C=O) groups excluding carboxylic acids is 1. The van der Waals surface area contributed by atoms with E-state index in [9.17, 15) is 4.79 Å². The lowest BCUT2D eigenvalue weighted by molar-refractivity contribution is 0.209. The first kappa shape index (κ1) is 13.9. The third-order valence-corrected chi connectivity index (χ3v) is 3.67. The number of nitrogens with one attached hydrogen (secondary N) is 1. The summed E-state index contributed by atoms with van der Waals surface area (Å²) in [6.45, 7) is 7.94. The van der Waals surface area contributed by atoms with Crippen LogP contribution in [0.4, 0.5) is 10.5 Å². The fraction of sp³-hybridized carbons (Fsp3) is 0.562. The molecule has 2 amide bonds. The van der Waals surface area contributed by atoms with Crippen LogP contribution in [-0.4, -0.2) is 24.0 Å². The summed E-state index contributed by atoms with van der Waals surface area (Å²) in [6, 6.07) is 6.14. The van der Waals surface area contributed by atoms with Gasteiger partial charge >= 0.3 is 6.03 Å². The zero-order valence-corrected chi connectivity index (χ0v) is 12.2. The van der Waals surface area contributed by atoms with E-state index in [-0.39, 0.29) is 6.03 Å². The van der Waals surface area contributed by atoms with Crippen molar-refractivity contribution in [3.8, 4) is 0 Å². The second kappa shape index (κ2) is 6.09. The van der Waals surface area contributed by atoms with E-state index in [1.807, 2.05) is 36.9 Å². The zero-order valence-electron chi connectivity index (χ0n) is 12.2. The first-order valence-corrected chi connectivity index (χ1v) is 7.24. The van der Waals surface area contributed by atoms with E-state index < -0.39 is 0 Å². The summed E-state index contributed by atoms with van der Waals surface area (Å²) >= 11 is 0. The smallest absolute Gasteiger partial charge is 0.321 e. The van der Waals surface area contributed by atoms with Crippen LogP contribution in [0.5, 0.6) is 0 Å². The summed E-state index contributed by atoms with van der Waals surface area (Å²) in [4.78, 5) is 14.3. The van der Waals surface area contributed by atoms with Gasteiger partial charge in [-0.1, -0.05) is 25.1 Å². The Hall–Kier alpha value is -1.51. The van der Waals surface area contributed by atoms with E-state index in [1.54, 1.807) is 0 Å². The Balaban J connectivity index is 2.04. The average molecular weight is 260 g/mol. The molecule has 3 nitrogen and oxygen atoms in total. The minimum atomic E-state index is 0.0474. The SMILES string of the molecule is CCCN(CC1CC1)C(=O)Nc1c(C)cccc1C. The summed E-state index contributed by atoms with van der Waals surface area (Å²) in [7, 11) is 0. The lowest BCUT2D eigenvalue weighted by atomic mass is 10.1. The number of anilines is 1. The molecule has 0 saturated heterocycles. The van der Waals surface area contributed by atoms with Crippen LogP contribution >= 0.6 is 0 Å². The van der Waals surface area contributed by atoms with Gasteiger partial charge in [0.15, 0.2) is 0 Å². The average Bonchev–Trinajstić information content (AvgIpc) is 3.17. The number of carbonyl (C=O) groups is 1. The quantitative estimate of drug-likeness (QED) is 0.854. The predicted molar refractivity (Wildman–Crippen MR) is 79.5 cm³/mol. The molecule has 0 aromatic heterocycles. The van der Waals surface area contributed by atoms with Crippen LogP contribution in [0, 0.1) is 19.8 Å². The van der Waals surface area contributed by atoms with Crippen LogP contribution in [0.2, 0.25) is 0 Å². The molecule has 1 aromatic carbocycles. The molecule has 0 heterocycles.